The van der Waals surface area contributed by atoms with E-state index in [1.807, 2.05) is 0 Å². The Morgan fingerprint density at radius 2 is 1.61 bits per heavy atom. The summed E-state index contributed by atoms with van der Waals surface area (Å²) in [6.07, 6.45) is 0.278. The molecule has 106 valence electrons. The van der Waals surface area contributed by atoms with E-state index in [4.69, 9.17) is 33.5 Å². The quantitative estimate of drug-likeness (QED) is 0.498. The molecule has 0 rings (SSSR count). The van der Waals surface area contributed by atoms with Crippen LogP contribution in [0.25, 0.3) is 0 Å². The number of hydrogen-bond acceptors (Lipinski definition) is 6. The molecule has 0 saturated carbocycles. The van der Waals surface area contributed by atoms with Crippen molar-refractivity contribution < 1.29 is 25.9 Å². The highest BCUT2D eigenvalue weighted by molar-refractivity contribution is 7.89. The van der Waals surface area contributed by atoms with E-state index in [-0.39, 0.29) is 22.6 Å². The van der Waals surface area contributed by atoms with E-state index in [2.05, 4.69) is 0 Å². The molecule has 1 unspecified atom stereocenters. The predicted octanol–water partition coefficient (Wildman–Crippen LogP) is 0.918. The minimum absolute atomic E-state index is 0.108. The van der Waals surface area contributed by atoms with Crippen molar-refractivity contribution in [2.75, 3.05) is 11.5 Å². The lowest BCUT2D eigenvalue weighted by Gasteiger charge is -2.12. The molecule has 18 heavy (non-hydrogen) atoms. The van der Waals surface area contributed by atoms with E-state index in [0.717, 1.165) is 0 Å². The Morgan fingerprint density at radius 1 is 1.11 bits per heavy atom. The maximum absolute atomic E-state index is 10.7. The predicted molar refractivity (Wildman–Crippen MR) is 76.4 cm³/mol. The zero-order valence-electron chi connectivity index (χ0n) is 9.57. The van der Waals surface area contributed by atoms with Gasteiger partial charge in [-0.15, -0.1) is 0 Å². The Morgan fingerprint density at radius 3 is 2.00 bits per heavy atom. The third-order valence-electron chi connectivity index (χ3n) is 1.99. The highest BCUT2D eigenvalue weighted by Gasteiger charge is 2.19. The molecular formula is C8H14O6S4. The van der Waals surface area contributed by atoms with Crippen molar-refractivity contribution in [1.82, 2.24) is 0 Å². The molecule has 2 N–H and O–H groups in total. The molecule has 6 nitrogen and oxygen atoms in total. The third kappa shape index (κ3) is 9.00. The first-order chi connectivity index (χ1) is 7.92. The lowest BCUT2D eigenvalue weighted by atomic mass is 10.0. The second-order valence-corrected chi connectivity index (χ2v) is 7.83. The fraction of sp³-hybridized carbons (Fsp3) is 0.750. The van der Waals surface area contributed by atoms with Gasteiger partial charge in [-0.1, -0.05) is 31.4 Å². The Kier molecular flexibility index (Phi) is 6.96. The van der Waals surface area contributed by atoms with Crippen molar-refractivity contribution in [3.63, 3.8) is 0 Å². The normalized spacial score (nSPS) is 14.2. The standard InChI is InChI=1S/C8H14O6S4/c1-6(5-18(12,13)14)8(16)7(15)3-2-4-17(9,10)11/h6H,2-5H2,1H3,(H,9,10,11)(H,12,13,14). The number of hydrogen-bond donors (Lipinski definition) is 2. The van der Waals surface area contributed by atoms with Gasteiger partial charge in [0, 0.05) is 15.6 Å². The maximum Gasteiger partial charge on any atom is 0.265 e. The summed E-state index contributed by atoms with van der Waals surface area (Å²) in [6.45, 7) is 1.51. The molecule has 0 aliphatic carbocycles. The molecule has 0 aliphatic rings. The smallest absolute Gasteiger partial charge is 0.265 e. The topological polar surface area (TPSA) is 109 Å². The van der Waals surface area contributed by atoms with Crippen LogP contribution in [-0.2, 0) is 20.2 Å². The maximum atomic E-state index is 10.7. The Hall–Kier alpha value is -0.0000000000000000763. The van der Waals surface area contributed by atoms with Crippen LogP contribution < -0.4 is 0 Å². The molecule has 0 aliphatic heterocycles. The van der Waals surface area contributed by atoms with E-state index >= 15 is 0 Å². The highest BCUT2D eigenvalue weighted by atomic mass is 32.2. The van der Waals surface area contributed by atoms with Crippen LogP contribution in [0, 0.1) is 5.92 Å². The molecule has 0 heterocycles. The summed E-state index contributed by atoms with van der Waals surface area (Å²) in [5, 5.41) is 0. The van der Waals surface area contributed by atoms with Crippen LogP contribution in [0.5, 0.6) is 0 Å². The van der Waals surface area contributed by atoms with Crippen LogP contribution in [0.3, 0.4) is 0 Å². The first-order valence-electron chi connectivity index (χ1n) is 4.90. The van der Waals surface area contributed by atoms with Crippen LogP contribution in [0.15, 0.2) is 0 Å². The molecular weight excluding hydrogens is 320 g/mol. The summed E-state index contributed by atoms with van der Waals surface area (Å²) in [5.41, 5.74) is 0. The van der Waals surface area contributed by atoms with E-state index in [0.29, 0.717) is 0 Å². The van der Waals surface area contributed by atoms with Gasteiger partial charge in [0.1, 0.15) is 0 Å². The molecule has 0 radical (unpaired) electrons. The van der Waals surface area contributed by atoms with Crippen LogP contribution in [0.2, 0.25) is 0 Å². The molecule has 0 saturated heterocycles. The summed E-state index contributed by atoms with van der Waals surface area (Å²) < 4.78 is 59.4. The van der Waals surface area contributed by atoms with Crippen molar-refractivity contribution in [3.05, 3.63) is 0 Å². The highest BCUT2D eigenvalue weighted by Crippen LogP contribution is 2.09. The van der Waals surface area contributed by atoms with Crippen molar-refractivity contribution in [2.45, 2.75) is 19.8 Å². The van der Waals surface area contributed by atoms with Crippen molar-refractivity contribution in [1.29, 1.82) is 0 Å². The first kappa shape index (κ1) is 18.0. The molecule has 0 aromatic carbocycles. The summed E-state index contributed by atoms with van der Waals surface area (Å²) in [7, 11) is -8.16. The molecule has 0 fully saturated rings. The van der Waals surface area contributed by atoms with Gasteiger partial charge in [0.15, 0.2) is 0 Å². The van der Waals surface area contributed by atoms with E-state index in [1.165, 1.54) is 6.92 Å². The molecule has 0 aromatic heterocycles. The van der Waals surface area contributed by atoms with Crippen molar-refractivity contribution >= 4 is 54.4 Å². The van der Waals surface area contributed by atoms with E-state index in [9.17, 15) is 16.8 Å². The SMILES string of the molecule is CC(CS(=O)(=O)O)C(=S)C(=S)CCCS(=O)(=O)O. The van der Waals surface area contributed by atoms with Gasteiger partial charge in [-0.25, -0.2) is 0 Å². The number of thiocarbonyl (C=S) groups is 2. The molecule has 0 aromatic rings. The Bertz CT molecular complexity index is 518. The van der Waals surface area contributed by atoms with E-state index in [1.54, 1.807) is 0 Å². The van der Waals surface area contributed by atoms with Crippen LogP contribution in [-0.4, -0.2) is 47.2 Å². The zero-order valence-corrected chi connectivity index (χ0v) is 12.8. The minimum atomic E-state index is -4.13. The van der Waals surface area contributed by atoms with Gasteiger partial charge in [0.05, 0.1) is 11.5 Å². The van der Waals surface area contributed by atoms with Gasteiger partial charge in [0.2, 0.25) is 0 Å². The Balaban J connectivity index is 4.31. The Labute approximate surface area is 117 Å². The number of rotatable bonds is 8. The van der Waals surface area contributed by atoms with Crippen LogP contribution in [0.4, 0.5) is 0 Å². The lowest BCUT2D eigenvalue weighted by Crippen LogP contribution is -2.25. The first-order valence-corrected chi connectivity index (χ1v) is 8.93. The van der Waals surface area contributed by atoms with Gasteiger partial charge < -0.3 is 0 Å². The summed E-state index contributed by atoms with van der Waals surface area (Å²) in [5.74, 6) is -1.57. The van der Waals surface area contributed by atoms with Gasteiger partial charge in [-0.3, -0.25) is 9.11 Å². The monoisotopic (exact) mass is 334 g/mol. The zero-order chi connectivity index (χ0) is 14.6. The largest absolute Gasteiger partial charge is 0.286 e. The molecule has 0 amide bonds. The fourth-order valence-electron chi connectivity index (χ4n) is 1.20. The van der Waals surface area contributed by atoms with Gasteiger partial charge in [-0.2, -0.15) is 16.8 Å². The molecule has 1 atom stereocenters. The van der Waals surface area contributed by atoms with E-state index < -0.39 is 37.7 Å². The summed E-state index contributed by atoms with van der Waals surface area (Å²) >= 11 is 9.88. The molecule has 0 spiro atoms. The van der Waals surface area contributed by atoms with Crippen molar-refractivity contribution in [3.8, 4) is 0 Å². The van der Waals surface area contributed by atoms with Crippen molar-refractivity contribution in [2.24, 2.45) is 5.92 Å². The van der Waals surface area contributed by atoms with Crippen LogP contribution in [0.1, 0.15) is 19.8 Å². The third-order valence-corrected chi connectivity index (χ3v) is 4.92. The average Bonchev–Trinajstić information content (AvgIpc) is 2.11. The van der Waals surface area contributed by atoms with Crippen LogP contribution >= 0.6 is 24.4 Å². The summed E-state index contributed by atoms with van der Waals surface area (Å²) in [6, 6.07) is 0. The van der Waals surface area contributed by atoms with Gasteiger partial charge >= 0.3 is 0 Å². The lowest BCUT2D eigenvalue weighted by molar-refractivity contribution is 0.478. The summed E-state index contributed by atoms with van der Waals surface area (Å²) in [4.78, 5) is 0.475. The second-order valence-electron chi connectivity index (χ2n) is 3.83. The average molecular weight is 334 g/mol. The van der Waals surface area contributed by atoms with Gasteiger partial charge in [-0.05, 0) is 12.8 Å². The molecule has 0 bridgehead atoms. The second kappa shape index (κ2) is 6.96. The van der Waals surface area contributed by atoms with Gasteiger partial charge in [0.25, 0.3) is 20.2 Å². The molecule has 10 heteroatoms. The fourth-order valence-corrected chi connectivity index (χ4v) is 3.15. The minimum Gasteiger partial charge on any atom is -0.286 e.